The molecule has 1 aliphatic heterocycles. The minimum atomic E-state index is -0.488. The van der Waals surface area contributed by atoms with Crippen molar-refractivity contribution < 1.29 is 9.18 Å². The van der Waals surface area contributed by atoms with E-state index in [4.69, 9.17) is 34.8 Å². The molecule has 27 heavy (non-hydrogen) atoms. The molecule has 2 heterocycles. The molecule has 0 aliphatic carbocycles. The number of carbonyl (C=O) groups is 1. The fourth-order valence-electron chi connectivity index (χ4n) is 3.04. The normalized spacial score (nSPS) is 13.6. The van der Waals surface area contributed by atoms with Crippen LogP contribution in [-0.4, -0.2) is 32.1 Å². The van der Waals surface area contributed by atoms with Gasteiger partial charge in [-0.1, -0.05) is 40.9 Å². The van der Waals surface area contributed by atoms with E-state index in [-0.39, 0.29) is 23.0 Å². The average molecular weight is 426 g/mol. The molecule has 0 N–H and O–H groups in total. The van der Waals surface area contributed by atoms with Gasteiger partial charge in [0.1, 0.15) is 5.82 Å². The summed E-state index contributed by atoms with van der Waals surface area (Å²) in [6, 6.07) is 9.04. The Morgan fingerprint density at radius 1 is 1.04 bits per heavy atom. The van der Waals surface area contributed by atoms with Gasteiger partial charge in [0.25, 0.3) is 5.91 Å². The van der Waals surface area contributed by atoms with Crippen LogP contribution in [0, 0.1) is 5.82 Å². The predicted octanol–water partition coefficient (Wildman–Crippen LogP) is 4.70. The quantitative estimate of drug-likeness (QED) is 0.598. The summed E-state index contributed by atoms with van der Waals surface area (Å²) in [6.07, 6.45) is 0. The average Bonchev–Trinajstić information content (AvgIpc) is 3.06. The Balaban J connectivity index is 1.63. The standard InChI is InChI=1S/C18H12Cl3FN4O/c19-13-3-1-2-12(16(13)21)17-24-23-15-9-25(6-7-26(15)17)18(27)11-5-4-10(22)8-14(11)20/h1-5,8H,6-7,9H2. The number of hydrogen-bond donors (Lipinski definition) is 0. The number of fused-ring (bicyclic) bond motifs is 1. The summed E-state index contributed by atoms with van der Waals surface area (Å²) in [7, 11) is 0. The van der Waals surface area contributed by atoms with Gasteiger partial charge in [-0.05, 0) is 30.3 Å². The highest BCUT2D eigenvalue weighted by atomic mass is 35.5. The van der Waals surface area contributed by atoms with Crippen LogP contribution in [0.25, 0.3) is 11.4 Å². The molecule has 138 valence electrons. The fourth-order valence-corrected chi connectivity index (χ4v) is 3.67. The van der Waals surface area contributed by atoms with Crippen molar-refractivity contribution in [2.24, 2.45) is 0 Å². The molecule has 0 spiro atoms. The summed E-state index contributed by atoms with van der Waals surface area (Å²) >= 11 is 18.4. The smallest absolute Gasteiger partial charge is 0.255 e. The number of nitrogens with zero attached hydrogens (tertiary/aromatic N) is 4. The molecule has 5 nitrogen and oxygen atoms in total. The Labute approximate surface area is 169 Å². The zero-order valence-electron chi connectivity index (χ0n) is 13.8. The molecule has 1 aliphatic rings. The van der Waals surface area contributed by atoms with Crippen LogP contribution in [0.2, 0.25) is 15.1 Å². The Morgan fingerprint density at radius 2 is 1.85 bits per heavy atom. The number of amides is 1. The molecular formula is C18H12Cl3FN4O. The van der Waals surface area contributed by atoms with Gasteiger partial charge in [0.15, 0.2) is 11.6 Å². The molecule has 0 bridgehead atoms. The summed E-state index contributed by atoms with van der Waals surface area (Å²) in [6.45, 7) is 1.19. The fraction of sp³-hybridized carbons (Fsp3) is 0.167. The lowest BCUT2D eigenvalue weighted by Crippen LogP contribution is -2.38. The number of aromatic nitrogens is 3. The highest BCUT2D eigenvalue weighted by molar-refractivity contribution is 6.43. The van der Waals surface area contributed by atoms with Crippen LogP contribution < -0.4 is 0 Å². The summed E-state index contributed by atoms with van der Waals surface area (Å²) in [5, 5.41) is 9.34. The molecule has 2 aromatic carbocycles. The van der Waals surface area contributed by atoms with E-state index in [1.807, 2.05) is 10.6 Å². The van der Waals surface area contributed by atoms with E-state index in [0.717, 1.165) is 6.07 Å². The first-order chi connectivity index (χ1) is 13.0. The van der Waals surface area contributed by atoms with Gasteiger partial charge < -0.3 is 9.47 Å². The van der Waals surface area contributed by atoms with Gasteiger partial charge in [0, 0.05) is 18.7 Å². The van der Waals surface area contributed by atoms with Crippen LogP contribution in [0.15, 0.2) is 36.4 Å². The summed E-state index contributed by atoms with van der Waals surface area (Å²) in [5.74, 6) is 0.456. The van der Waals surface area contributed by atoms with Gasteiger partial charge >= 0.3 is 0 Å². The zero-order chi connectivity index (χ0) is 19.1. The van der Waals surface area contributed by atoms with Crippen molar-refractivity contribution in [2.45, 2.75) is 13.1 Å². The number of benzene rings is 2. The van der Waals surface area contributed by atoms with Crippen molar-refractivity contribution in [3.8, 4) is 11.4 Å². The molecule has 0 saturated heterocycles. The SMILES string of the molecule is O=C(c1ccc(F)cc1Cl)N1CCn2c(nnc2-c2cccc(Cl)c2Cl)C1. The van der Waals surface area contributed by atoms with Gasteiger partial charge in [0.2, 0.25) is 0 Å². The van der Waals surface area contributed by atoms with Gasteiger partial charge in [-0.25, -0.2) is 4.39 Å². The van der Waals surface area contributed by atoms with E-state index in [0.29, 0.717) is 40.3 Å². The molecular weight excluding hydrogens is 414 g/mol. The first kappa shape index (κ1) is 18.2. The van der Waals surface area contributed by atoms with Crippen LogP contribution >= 0.6 is 34.8 Å². The number of carbonyl (C=O) groups excluding carboxylic acids is 1. The predicted molar refractivity (Wildman–Crippen MR) is 102 cm³/mol. The Kier molecular flexibility index (Phi) is 4.80. The van der Waals surface area contributed by atoms with Crippen molar-refractivity contribution in [2.75, 3.05) is 6.54 Å². The molecule has 1 amide bonds. The maximum Gasteiger partial charge on any atom is 0.255 e. The van der Waals surface area contributed by atoms with E-state index in [1.165, 1.54) is 12.1 Å². The van der Waals surface area contributed by atoms with Gasteiger partial charge in [-0.2, -0.15) is 0 Å². The molecule has 0 saturated carbocycles. The van der Waals surface area contributed by atoms with Gasteiger partial charge in [0.05, 0.1) is 27.2 Å². The highest BCUT2D eigenvalue weighted by Crippen LogP contribution is 2.33. The van der Waals surface area contributed by atoms with Crippen LogP contribution in [0.5, 0.6) is 0 Å². The second-order valence-corrected chi connectivity index (χ2v) is 7.24. The van der Waals surface area contributed by atoms with Gasteiger partial charge in [-0.15, -0.1) is 10.2 Å². The highest BCUT2D eigenvalue weighted by Gasteiger charge is 2.27. The summed E-state index contributed by atoms with van der Waals surface area (Å²) < 4.78 is 15.1. The summed E-state index contributed by atoms with van der Waals surface area (Å²) in [5.41, 5.74) is 0.938. The van der Waals surface area contributed by atoms with E-state index in [2.05, 4.69) is 10.2 Å². The van der Waals surface area contributed by atoms with Crippen molar-refractivity contribution >= 4 is 40.7 Å². The first-order valence-electron chi connectivity index (χ1n) is 8.06. The maximum absolute atomic E-state index is 13.2. The Morgan fingerprint density at radius 3 is 2.63 bits per heavy atom. The number of hydrogen-bond acceptors (Lipinski definition) is 3. The van der Waals surface area contributed by atoms with Crippen LogP contribution in [0.4, 0.5) is 4.39 Å². The zero-order valence-corrected chi connectivity index (χ0v) is 16.1. The topological polar surface area (TPSA) is 51.0 Å². The second kappa shape index (κ2) is 7.11. The monoisotopic (exact) mass is 424 g/mol. The Bertz CT molecular complexity index is 1050. The second-order valence-electron chi connectivity index (χ2n) is 6.04. The lowest BCUT2D eigenvalue weighted by molar-refractivity contribution is 0.0708. The first-order valence-corrected chi connectivity index (χ1v) is 9.20. The van der Waals surface area contributed by atoms with E-state index in [9.17, 15) is 9.18 Å². The van der Waals surface area contributed by atoms with Crippen molar-refractivity contribution in [3.05, 3.63) is 68.7 Å². The summed E-state index contributed by atoms with van der Waals surface area (Å²) in [4.78, 5) is 14.3. The third-order valence-corrected chi connectivity index (χ3v) is 5.53. The number of halogens is 4. The van der Waals surface area contributed by atoms with Crippen molar-refractivity contribution in [3.63, 3.8) is 0 Å². The number of rotatable bonds is 2. The van der Waals surface area contributed by atoms with Crippen LogP contribution in [0.3, 0.4) is 0 Å². The molecule has 0 fully saturated rings. The Hall–Kier alpha value is -2.15. The largest absolute Gasteiger partial charge is 0.329 e. The minimum Gasteiger partial charge on any atom is -0.329 e. The molecule has 0 radical (unpaired) electrons. The van der Waals surface area contributed by atoms with Crippen LogP contribution in [0.1, 0.15) is 16.2 Å². The molecule has 0 unspecified atom stereocenters. The van der Waals surface area contributed by atoms with E-state index < -0.39 is 5.82 Å². The minimum absolute atomic E-state index is 0.0819. The lowest BCUT2D eigenvalue weighted by atomic mass is 10.1. The van der Waals surface area contributed by atoms with Crippen LogP contribution in [-0.2, 0) is 13.1 Å². The third-order valence-electron chi connectivity index (χ3n) is 4.39. The van der Waals surface area contributed by atoms with E-state index >= 15 is 0 Å². The molecule has 3 aromatic rings. The molecule has 4 rings (SSSR count). The van der Waals surface area contributed by atoms with E-state index in [1.54, 1.807) is 17.0 Å². The maximum atomic E-state index is 13.2. The lowest BCUT2D eigenvalue weighted by Gasteiger charge is -2.28. The van der Waals surface area contributed by atoms with Gasteiger partial charge in [-0.3, -0.25) is 4.79 Å². The third kappa shape index (κ3) is 3.29. The van der Waals surface area contributed by atoms with Crippen molar-refractivity contribution in [1.82, 2.24) is 19.7 Å². The molecule has 0 atom stereocenters. The van der Waals surface area contributed by atoms with Crippen molar-refractivity contribution in [1.29, 1.82) is 0 Å². The molecule has 1 aromatic heterocycles. The molecule has 9 heteroatoms.